The van der Waals surface area contributed by atoms with Gasteiger partial charge in [0.25, 0.3) is 0 Å². The van der Waals surface area contributed by atoms with Crippen LogP contribution in [0.1, 0.15) is 32.6 Å². The van der Waals surface area contributed by atoms with Gasteiger partial charge in [-0.1, -0.05) is 6.92 Å². The minimum atomic E-state index is 0.264. The molecule has 2 fully saturated rings. The number of hydrogen-bond donors (Lipinski definition) is 1. The first-order chi connectivity index (χ1) is 7.81. The molecule has 0 bridgehead atoms. The van der Waals surface area contributed by atoms with Crippen molar-refractivity contribution in [3.8, 4) is 0 Å². The lowest BCUT2D eigenvalue weighted by Crippen LogP contribution is -2.51. The van der Waals surface area contributed by atoms with Gasteiger partial charge in [0, 0.05) is 32.2 Å². The molecule has 0 aromatic carbocycles. The number of hydrogen-bond acceptors (Lipinski definition) is 2. The van der Waals surface area contributed by atoms with Gasteiger partial charge < -0.3 is 15.1 Å². The quantitative estimate of drug-likeness (QED) is 0.768. The van der Waals surface area contributed by atoms with E-state index in [1.54, 1.807) is 0 Å². The van der Waals surface area contributed by atoms with Gasteiger partial charge >= 0.3 is 6.03 Å². The van der Waals surface area contributed by atoms with Crippen molar-refractivity contribution in [1.82, 2.24) is 15.1 Å². The van der Waals surface area contributed by atoms with Gasteiger partial charge in [0.1, 0.15) is 0 Å². The Bertz CT molecular complexity index is 236. The number of urea groups is 1. The lowest BCUT2D eigenvalue weighted by molar-refractivity contribution is 0.142. The highest BCUT2D eigenvalue weighted by atomic mass is 16.2. The summed E-state index contributed by atoms with van der Waals surface area (Å²) in [5.74, 6) is 0. The van der Waals surface area contributed by atoms with Gasteiger partial charge in [0.2, 0.25) is 0 Å². The second kappa shape index (κ2) is 5.53. The highest BCUT2D eigenvalue weighted by Crippen LogP contribution is 2.15. The summed E-state index contributed by atoms with van der Waals surface area (Å²) < 4.78 is 0. The number of carbonyl (C=O) groups excluding carboxylic acids is 1. The van der Waals surface area contributed by atoms with E-state index in [0.29, 0.717) is 6.04 Å². The standard InChI is InChI=1S/C12H23N3O/c1-2-13-11-6-5-9-15(10-11)12(16)14-7-3-4-8-14/h11,13H,2-10H2,1H3. The van der Waals surface area contributed by atoms with Crippen LogP contribution in [0.4, 0.5) is 4.79 Å². The Balaban J connectivity index is 1.85. The molecule has 0 aromatic heterocycles. The molecule has 0 aromatic rings. The Kier molecular flexibility index (Phi) is 4.04. The fourth-order valence-electron chi connectivity index (χ4n) is 2.71. The molecule has 0 saturated carbocycles. The van der Waals surface area contributed by atoms with Crippen molar-refractivity contribution in [3.63, 3.8) is 0 Å². The van der Waals surface area contributed by atoms with Crippen molar-refractivity contribution in [1.29, 1.82) is 0 Å². The Hall–Kier alpha value is -0.770. The summed E-state index contributed by atoms with van der Waals surface area (Å²) in [6.07, 6.45) is 4.70. The van der Waals surface area contributed by atoms with Crippen LogP contribution in [0.2, 0.25) is 0 Å². The van der Waals surface area contributed by atoms with Gasteiger partial charge in [-0.25, -0.2) is 4.79 Å². The van der Waals surface area contributed by atoms with Crippen LogP contribution in [0.15, 0.2) is 0 Å². The average molecular weight is 225 g/mol. The van der Waals surface area contributed by atoms with Crippen LogP contribution < -0.4 is 5.32 Å². The summed E-state index contributed by atoms with van der Waals surface area (Å²) in [4.78, 5) is 16.2. The van der Waals surface area contributed by atoms with Crippen LogP contribution in [0, 0.1) is 0 Å². The van der Waals surface area contributed by atoms with Crippen LogP contribution in [0.3, 0.4) is 0 Å². The van der Waals surface area contributed by atoms with Crippen molar-refractivity contribution in [2.24, 2.45) is 0 Å². The molecule has 16 heavy (non-hydrogen) atoms. The molecular weight excluding hydrogens is 202 g/mol. The van der Waals surface area contributed by atoms with E-state index in [-0.39, 0.29) is 6.03 Å². The van der Waals surface area contributed by atoms with E-state index in [4.69, 9.17) is 0 Å². The van der Waals surface area contributed by atoms with Crippen molar-refractivity contribution in [2.45, 2.75) is 38.6 Å². The lowest BCUT2D eigenvalue weighted by atomic mass is 10.1. The van der Waals surface area contributed by atoms with Crippen LogP contribution in [-0.2, 0) is 0 Å². The maximum Gasteiger partial charge on any atom is 0.320 e. The van der Waals surface area contributed by atoms with Gasteiger partial charge in [0.05, 0.1) is 0 Å². The second-order valence-corrected chi connectivity index (χ2v) is 4.82. The first-order valence-electron chi connectivity index (χ1n) is 6.58. The van der Waals surface area contributed by atoms with Crippen LogP contribution in [0.25, 0.3) is 0 Å². The molecule has 0 radical (unpaired) electrons. The number of likely N-dealkylation sites (N-methyl/N-ethyl adjacent to an activating group) is 1. The number of rotatable bonds is 2. The zero-order valence-electron chi connectivity index (χ0n) is 10.2. The molecule has 2 rings (SSSR count). The number of nitrogens with zero attached hydrogens (tertiary/aromatic N) is 2. The van der Waals surface area contributed by atoms with Gasteiger partial charge in [-0.2, -0.15) is 0 Å². The minimum Gasteiger partial charge on any atom is -0.325 e. The highest BCUT2D eigenvalue weighted by Gasteiger charge is 2.27. The maximum absolute atomic E-state index is 12.2. The first-order valence-corrected chi connectivity index (χ1v) is 6.58. The molecular formula is C12H23N3O. The van der Waals surface area contributed by atoms with E-state index in [1.807, 2.05) is 9.80 Å². The van der Waals surface area contributed by atoms with Crippen molar-refractivity contribution in [2.75, 3.05) is 32.7 Å². The van der Waals surface area contributed by atoms with E-state index >= 15 is 0 Å². The highest BCUT2D eigenvalue weighted by molar-refractivity contribution is 5.74. The van der Waals surface area contributed by atoms with E-state index in [2.05, 4.69) is 12.2 Å². The molecule has 1 N–H and O–H groups in total. The summed E-state index contributed by atoms with van der Waals surface area (Å²) in [6, 6.07) is 0.769. The third kappa shape index (κ3) is 2.67. The number of carbonyl (C=O) groups is 1. The molecule has 92 valence electrons. The minimum absolute atomic E-state index is 0.264. The molecule has 2 aliphatic rings. The second-order valence-electron chi connectivity index (χ2n) is 4.82. The fraction of sp³-hybridized carbons (Fsp3) is 0.917. The van der Waals surface area contributed by atoms with E-state index < -0.39 is 0 Å². The molecule has 2 aliphatic heterocycles. The van der Waals surface area contributed by atoms with E-state index in [1.165, 1.54) is 19.3 Å². The zero-order chi connectivity index (χ0) is 11.4. The molecule has 1 atom stereocenters. The fourth-order valence-corrected chi connectivity index (χ4v) is 2.71. The Morgan fingerprint density at radius 3 is 2.56 bits per heavy atom. The Morgan fingerprint density at radius 2 is 1.88 bits per heavy atom. The molecule has 2 saturated heterocycles. The predicted octanol–water partition coefficient (Wildman–Crippen LogP) is 1.28. The number of nitrogens with one attached hydrogen (secondary N) is 1. The van der Waals surface area contributed by atoms with Gasteiger partial charge in [0.15, 0.2) is 0 Å². The Morgan fingerprint density at radius 1 is 1.19 bits per heavy atom. The zero-order valence-corrected chi connectivity index (χ0v) is 10.2. The van der Waals surface area contributed by atoms with Crippen molar-refractivity contribution < 1.29 is 4.79 Å². The summed E-state index contributed by atoms with van der Waals surface area (Å²) in [6.45, 7) is 6.88. The monoisotopic (exact) mass is 225 g/mol. The van der Waals surface area contributed by atoms with Crippen molar-refractivity contribution >= 4 is 6.03 Å². The summed E-state index contributed by atoms with van der Waals surface area (Å²) in [5.41, 5.74) is 0. The van der Waals surface area contributed by atoms with Gasteiger partial charge in [-0.15, -0.1) is 0 Å². The summed E-state index contributed by atoms with van der Waals surface area (Å²) in [5, 5.41) is 3.45. The third-order valence-corrected chi connectivity index (χ3v) is 3.56. The molecule has 0 aliphatic carbocycles. The summed E-state index contributed by atoms with van der Waals surface area (Å²) in [7, 11) is 0. The number of amides is 2. The maximum atomic E-state index is 12.2. The third-order valence-electron chi connectivity index (χ3n) is 3.56. The molecule has 0 spiro atoms. The number of piperidine rings is 1. The van der Waals surface area contributed by atoms with Crippen LogP contribution in [0.5, 0.6) is 0 Å². The van der Waals surface area contributed by atoms with Crippen molar-refractivity contribution in [3.05, 3.63) is 0 Å². The van der Waals surface area contributed by atoms with Gasteiger partial charge in [-0.3, -0.25) is 0 Å². The average Bonchev–Trinajstić information content (AvgIpc) is 2.82. The predicted molar refractivity (Wildman–Crippen MR) is 64.5 cm³/mol. The SMILES string of the molecule is CCNC1CCCN(C(=O)N2CCCC2)C1. The molecule has 1 unspecified atom stereocenters. The Labute approximate surface area is 98.0 Å². The molecule has 2 amide bonds. The molecule has 4 heteroatoms. The first kappa shape index (κ1) is 11.7. The topological polar surface area (TPSA) is 35.6 Å². The summed E-state index contributed by atoms with van der Waals surface area (Å²) >= 11 is 0. The molecule has 4 nitrogen and oxygen atoms in total. The van der Waals surface area contributed by atoms with Crippen LogP contribution >= 0.6 is 0 Å². The number of likely N-dealkylation sites (tertiary alicyclic amines) is 2. The van der Waals surface area contributed by atoms with E-state index in [9.17, 15) is 4.79 Å². The smallest absolute Gasteiger partial charge is 0.320 e. The largest absolute Gasteiger partial charge is 0.325 e. The lowest BCUT2D eigenvalue weighted by Gasteiger charge is -2.35. The van der Waals surface area contributed by atoms with Gasteiger partial charge in [-0.05, 0) is 32.2 Å². The van der Waals surface area contributed by atoms with Crippen LogP contribution in [-0.4, -0.2) is 54.6 Å². The van der Waals surface area contributed by atoms with E-state index in [0.717, 1.165) is 39.1 Å². The normalized spacial score (nSPS) is 26.2. The molecule has 2 heterocycles.